The van der Waals surface area contributed by atoms with Crippen LogP contribution in [0.25, 0.3) is 0 Å². The van der Waals surface area contributed by atoms with Crippen LogP contribution in [0.4, 0.5) is 13.2 Å². The Bertz CT molecular complexity index is 367. The van der Waals surface area contributed by atoms with E-state index in [1.165, 1.54) is 6.42 Å². The zero-order valence-corrected chi connectivity index (χ0v) is 10.2. The number of H-pyrrole nitrogens is 1. The van der Waals surface area contributed by atoms with Crippen molar-refractivity contribution in [3.05, 3.63) is 15.9 Å². The van der Waals surface area contributed by atoms with Gasteiger partial charge in [0.2, 0.25) is 0 Å². The van der Waals surface area contributed by atoms with Crippen LogP contribution in [0.15, 0.2) is 4.47 Å². The van der Waals surface area contributed by atoms with Crippen molar-refractivity contribution in [3.8, 4) is 0 Å². The zero-order valence-electron chi connectivity index (χ0n) is 8.57. The van der Waals surface area contributed by atoms with E-state index in [-0.39, 0.29) is 10.4 Å². The van der Waals surface area contributed by atoms with Crippen molar-refractivity contribution in [2.24, 2.45) is 0 Å². The van der Waals surface area contributed by atoms with E-state index in [1.807, 2.05) is 0 Å². The first-order chi connectivity index (χ1) is 7.50. The normalized spacial score (nSPS) is 19.0. The maximum Gasteiger partial charge on any atom is 0.436 e. The van der Waals surface area contributed by atoms with Gasteiger partial charge < -0.3 is 0 Å². The van der Waals surface area contributed by atoms with Gasteiger partial charge in [-0.15, -0.1) is 0 Å². The molecule has 1 saturated carbocycles. The van der Waals surface area contributed by atoms with Gasteiger partial charge >= 0.3 is 6.18 Å². The highest BCUT2D eigenvalue weighted by atomic mass is 79.9. The van der Waals surface area contributed by atoms with E-state index in [0.29, 0.717) is 5.69 Å². The van der Waals surface area contributed by atoms with Crippen LogP contribution in [0.3, 0.4) is 0 Å². The van der Waals surface area contributed by atoms with E-state index in [1.54, 1.807) is 0 Å². The van der Waals surface area contributed by atoms with Crippen LogP contribution in [0.2, 0.25) is 0 Å². The third kappa shape index (κ3) is 2.26. The fraction of sp³-hybridized carbons (Fsp3) is 0.700. The lowest BCUT2D eigenvalue weighted by Gasteiger charge is -2.20. The smallest absolute Gasteiger partial charge is 0.281 e. The summed E-state index contributed by atoms with van der Waals surface area (Å²) < 4.78 is 37.6. The first-order valence-corrected chi connectivity index (χ1v) is 6.10. The minimum absolute atomic E-state index is 0.0897. The highest BCUT2D eigenvalue weighted by Gasteiger charge is 2.38. The van der Waals surface area contributed by atoms with Crippen LogP contribution in [-0.2, 0) is 6.18 Å². The fourth-order valence-electron chi connectivity index (χ4n) is 2.19. The van der Waals surface area contributed by atoms with Gasteiger partial charge in [-0.1, -0.05) is 19.3 Å². The van der Waals surface area contributed by atoms with Crippen LogP contribution >= 0.6 is 15.9 Å². The lowest BCUT2D eigenvalue weighted by molar-refractivity contribution is -0.141. The Morgan fingerprint density at radius 3 is 2.31 bits per heavy atom. The molecule has 1 heterocycles. The Kier molecular flexibility index (Phi) is 3.28. The summed E-state index contributed by atoms with van der Waals surface area (Å²) in [6, 6.07) is 0. The first kappa shape index (κ1) is 12.0. The molecule has 1 fully saturated rings. The number of alkyl halides is 3. The molecule has 0 atom stereocenters. The summed E-state index contributed by atoms with van der Waals surface area (Å²) in [5.41, 5.74) is -0.236. The van der Waals surface area contributed by atoms with Gasteiger partial charge in [0.15, 0.2) is 5.69 Å². The van der Waals surface area contributed by atoms with E-state index in [2.05, 4.69) is 26.1 Å². The van der Waals surface area contributed by atoms with E-state index < -0.39 is 11.9 Å². The molecule has 2 nitrogen and oxygen atoms in total. The summed E-state index contributed by atoms with van der Waals surface area (Å²) in [6.07, 6.45) is 0.835. The summed E-state index contributed by atoms with van der Waals surface area (Å²) in [6.45, 7) is 0. The second-order valence-corrected chi connectivity index (χ2v) is 4.93. The minimum Gasteiger partial charge on any atom is -0.281 e. The summed E-state index contributed by atoms with van der Waals surface area (Å²) in [7, 11) is 0. The Morgan fingerprint density at radius 2 is 1.81 bits per heavy atom. The molecule has 0 unspecified atom stereocenters. The molecular formula is C10H12BrF3N2. The molecule has 0 spiro atoms. The van der Waals surface area contributed by atoms with Gasteiger partial charge in [-0.2, -0.15) is 18.3 Å². The molecule has 1 aromatic heterocycles. The summed E-state index contributed by atoms with van der Waals surface area (Å²) in [5.74, 6) is 0.187. The van der Waals surface area contributed by atoms with Gasteiger partial charge in [0, 0.05) is 5.92 Å². The van der Waals surface area contributed by atoms with Crippen molar-refractivity contribution < 1.29 is 13.2 Å². The number of hydrogen-bond donors (Lipinski definition) is 1. The topological polar surface area (TPSA) is 28.7 Å². The average molecular weight is 297 g/mol. The highest BCUT2D eigenvalue weighted by molar-refractivity contribution is 9.10. The number of aromatic amines is 1. The summed E-state index contributed by atoms with van der Waals surface area (Å²) in [4.78, 5) is 0. The number of hydrogen-bond acceptors (Lipinski definition) is 1. The van der Waals surface area contributed by atoms with E-state index in [4.69, 9.17) is 0 Å². The van der Waals surface area contributed by atoms with Crippen molar-refractivity contribution in [1.29, 1.82) is 0 Å². The van der Waals surface area contributed by atoms with Gasteiger partial charge in [-0.05, 0) is 28.8 Å². The molecule has 0 amide bonds. The molecule has 0 aliphatic heterocycles. The van der Waals surface area contributed by atoms with Gasteiger partial charge in [-0.3, -0.25) is 5.10 Å². The number of nitrogens with zero attached hydrogens (tertiary/aromatic N) is 1. The molecule has 0 aromatic carbocycles. The maximum atomic E-state index is 12.5. The molecule has 1 aliphatic rings. The molecule has 1 aromatic rings. The largest absolute Gasteiger partial charge is 0.436 e. The first-order valence-electron chi connectivity index (χ1n) is 5.31. The Balaban J connectivity index is 2.25. The monoisotopic (exact) mass is 296 g/mol. The Morgan fingerprint density at radius 1 is 1.19 bits per heavy atom. The second-order valence-electron chi connectivity index (χ2n) is 4.13. The second kappa shape index (κ2) is 4.39. The average Bonchev–Trinajstić information content (AvgIpc) is 2.61. The van der Waals surface area contributed by atoms with Gasteiger partial charge in [0.1, 0.15) is 0 Å². The number of rotatable bonds is 1. The van der Waals surface area contributed by atoms with E-state index >= 15 is 0 Å². The Labute approximate surface area is 99.7 Å². The van der Waals surface area contributed by atoms with Crippen molar-refractivity contribution in [1.82, 2.24) is 10.2 Å². The van der Waals surface area contributed by atoms with Crippen molar-refractivity contribution in [3.63, 3.8) is 0 Å². The molecule has 0 bridgehead atoms. The van der Waals surface area contributed by atoms with Gasteiger partial charge in [0.25, 0.3) is 0 Å². The zero-order chi connectivity index (χ0) is 11.8. The van der Waals surface area contributed by atoms with E-state index in [0.717, 1.165) is 25.7 Å². The molecule has 6 heteroatoms. The third-order valence-electron chi connectivity index (χ3n) is 3.01. The Hall–Kier alpha value is -0.520. The third-order valence-corrected chi connectivity index (χ3v) is 3.82. The van der Waals surface area contributed by atoms with Crippen LogP contribution < -0.4 is 0 Å². The van der Waals surface area contributed by atoms with E-state index in [9.17, 15) is 13.2 Å². The highest BCUT2D eigenvalue weighted by Crippen LogP contribution is 2.40. The predicted molar refractivity (Wildman–Crippen MR) is 57.1 cm³/mol. The lowest BCUT2D eigenvalue weighted by Crippen LogP contribution is -2.07. The van der Waals surface area contributed by atoms with Crippen LogP contribution in [0, 0.1) is 0 Å². The number of nitrogens with one attached hydrogen (secondary N) is 1. The fourth-order valence-corrected chi connectivity index (χ4v) is 2.92. The number of aromatic nitrogens is 2. The molecule has 0 radical (unpaired) electrons. The SMILES string of the molecule is FC(F)(F)c1n[nH]c(C2CCCCC2)c1Br. The molecule has 16 heavy (non-hydrogen) atoms. The van der Waals surface area contributed by atoms with Crippen LogP contribution in [0.1, 0.15) is 49.4 Å². The summed E-state index contributed by atoms with van der Waals surface area (Å²) >= 11 is 3.01. The molecule has 0 saturated heterocycles. The van der Waals surface area contributed by atoms with Gasteiger partial charge in [-0.25, -0.2) is 0 Å². The van der Waals surface area contributed by atoms with Gasteiger partial charge in [0.05, 0.1) is 10.2 Å². The minimum atomic E-state index is -4.39. The van der Waals surface area contributed by atoms with Crippen LogP contribution in [-0.4, -0.2) is 10.2 Å². The maximum absolute atomic E-state index is 12.5. The van der Waals surface area contributed by atoms with Crippen molar-refractivity contribution >= 4 is 15.9 Å². The predicted octanol–water partition coefficient (Wildman–Crippen LogP) is 4.24. The standard InChI is InChI=1S/C10H12BrF3N2/c11-7-8(6-4-2-1-3-5-6)15-16-9(7)10(12,13)14/h6H,1-5H2,(H,15,16). The summed E-state index contributed by atoms with van der Waals surface area (Å²) in [5, 5.41) is 5.90. The molecular weight excluding hydrogens is 285 g/mol. The molecule has 1 aliphatic carbocycles. The van der Waals surface area contributed by atoms with Crippen LogP contribution in [0.5, 0.6) is 0 Å². The molecule has 90 valence electrons. The molecule has 1 N–H and O–H groups in total. The van der Waals surface area contributed by atoms with Crippen molar-refractivity contribution in [2.75, 3.05) is 0 Å². The lowest BCUT2D eigenvalue weighted by atomic mass is 9.87. The number of halogens is 4. The van der Waals surface area contributed by atoms with Crippen molar-refractivity contribution in [2.45, 2.75) is 44.2 Å². The molecule has 2 rings (SSSR count). The quantitative estimate of drug-likeness (QED) is 0.825.